The monoisotopic (exact) mass is 476 g/mol. The molecule has 4 rings (SSSR count). The minimum Gasteiger partial charge on any atom is -0.493 e. The third kappa shape index (κ3) is 5.25. The summed E-state index contributed by atoms with van der Waals surface area (Å²) in [5, 5.41) is 4.03. The normalized spacial score (nSPS) is 12.2. The predicted molar refractivity (Wildman–Crippen MR) is 127 cm³/mol. The number of rotatable bonds is 8. The summed E-state index contributed by atoms with van der Waals surface area (Å²) in [5.74, 6) is 0.297. The molecule has 1 aliphatic heterocycles. The number of nitrogens with zero attached hydrogens (tertiary/aromatic N) is 1. The molecule has 0 fully saturated rings. The van der Waals surface area contributed by atoms with E-state index in [4.69, 9.17) is 23.7 Å². The average molecular weight is 476 g/mol. The van der Waals surface area contributed by atoms with Crippen LogP contribution in [0.4, 0.5) is 0 Å². The Bertz CT molecular complexity index is 1260. The van der Waals surface area contributed by atoms with Crippen molar-refractivity contribution in [1.82, 2.24) is 5.43 Å². The molecule has 0 aliphatic carbocycles. The van der Waals surface area contributed by atoms with Gasteiger partial charge in [0, 0.05) is 11.1 Å². The number of hydrogen-bond acceptors (Lipinski definition) is 8. The van der Waals surface area contributed by atoms with Gasteiger partial charge in [-0.25, -0.2) is 10.2 Å². The lowest BCUT2D eigenvalue weighted by atomic mass is 10.1. The molecule has 0 aromatic heterocycles. The van der Waals surface area contributed by atoms with Crippen molar-refractivity contribution < 1.29 is 33.3 Å². The highest BCUT2D eigenvalue weighted by Crippen LogP contribution is 2.38. The number of carbonyl (C=O) groups excluding carboxylic acids is 2. The molecular formula is C26H24N2O7. The first-order chi connectivity index (χ1) is 17.0. The molecule has 35 heavy (non-hydrogen) atoms. The second-order valence-corrected chi connectivity index (χ2v) is 7.52. The van der Waals surface area contributed by atoms with E-state index in [9.17, 15) is 9.59 Å². The molecule has 0 unspecified atom stereocenters. The van der Waals surface area contributed by atoms with Crippen molar-refractivity contribution in [3.63, 3.8) is 0 Å². The number of benzene rings is 3. The van der Waals surface area contributed by atoms with Crippen molar-refractivity contribution >= 4 is 18.1 Å². The molecule has 1 amide bonds. The summed E-state index contributed by atoms with van der Waals surface area (Å²) >= 11 is 0. The van der Waals surface area contributed by atoms with E-state index in [2.05, 4.69) is 10.5 Å². The van der Waals surface area contributed by atoms with Gasteiger partial charge in [0.2, 0.25) is 5.75 Å². The molecule has 3 aromatic carbocycles. The fraction of sp³-hybridized carbons (Fsp3) is 0.192. The summed E-state index contributed by atoms with van der Waals surface area (Å²) in [4.78, 5) is 25.3. The van der Waals surface area contributed by atoms with E-state index in [1.165, 1.54) is 39.7 Å². The zero-order valence-electron chi connectivity index (χ0n) is 19.5. The van der Waals surface area contributed by atoms with Crippen molar-refractivity contribution in [2.45, 2.75) is 13.2 Å². The van der Waals surface area contributed by atoms with Crippen LogP contribution in [0.15, 0.2) is 59.7 Å². The molecule has 0 saturated carbocycles. The van der Waals surface area contributed by atoms with Gasteiger partial charge in [0.05, 0.1) is 46.3 Å². The highest BCUT2D eigenvalue weighted by Gasteiger charge is 2.19. The third-order valence-electron chi connectivity index (χ3n) is 5.38. The van der Waals surface area contributed by atoms with E-state index in [1.807, 2.05) is 6.07 Å². The largest absolute Gasteiger partial charge is 0.493 e. The zero-order chi connectivity index (χ0) is 24.8. The van der Waals surface area contributed by atoms with Crippen LogP contribution in [0.2, 0.25) is 0 Å². The van der Waals surface area contributed by atoms with E-state index in [-0.39, 0.29) is 17.2 Å². The van der Waals surface area contributed by atoms with Gasteiger partial charge in [-0.3, -0.25) is 4.79 Å². The van der Waals surface area contributed by atoms with Crippen molar-refractivity contribution in [3.8, 4) is 23.0 Å². The number of fused-ring (bicyclic) bond motifs is 1. The average Bonchev–Trinajstić information content (AvgIpc) is 3.36. The minimum atomic E-state index is -0.630. The van der Waals surface area contributed by atoms with Crippen LogP contribution in [0.3, 0.4) is 0 Å². The fourth-order valence-electron chi connectivity index (χ4n) is 3.58. The zero-order valence-corrected chi connectivity index (χ0v) is 19.5. The van der Waals surface area contributed by atoms with Crippen LogP contribution in [-0.2, 0) is 18.0 Å². The number of para-hydroxylation sites is 1. The summed E-state index contributed by atoms with van der Waals surface area (Å²) in [7, 11) is 4.40. The Labute approximate surface area is 202 Å². The molecule has 9 heteroatoms. The molecule has 1 heterocycles. The lowest BCUT2D eigenvalue weighted by Crippen LogP contribution is -2.18. The first-order valence-electron chi connectivity index (χ1n) is 10.7. The third-order valence-corrected chi connectivity index (χ3v) is 5.38. The number of hydrogen-bond donors (Lipinski definition) is 1. The summed E-state index contributed by atoms with van der Waals surface area (Å²) in [6.07, 6.45) is 1.41. The van der Waals surface area contributed by atoms with E-state index in [0.29, 0.717) is 41.6 Å². The van der Waals surface area contributed by atoms with Gasteiger partial charge in [0.25, 0.3) is 5.91 Å². The maximum Gasteiger partial charge on any atom is 0.343 e. The van der Waals surface area contributed by atoms with Gasteiger partial charge in [-0.05, 0) is 47.5 Å². The molecule has 3 aromatic rings. The summed E-state index contributed by atoms with van der Waals surface area (Å²) < 4.78 is 26.9. The Morgan fingerprint density at radius 1 is 0.857 bits per heavy atom. The quantitative estimate of drug-likeness (QED) is 0.229. The maximum atomic E-state index is 12.9. The van der Waals surface area contributed by atoms with Crippen molar-refractivity contribution in [1.29, 1.82) is 0 Å². The summed E-state index contributed by atoms with van der Waals surface area (Å²) in [5.41, 5.74) is 5.75. The van der Waals surface area contributed by atoms with Gasteiger partial charge >= 0.3 is 5.97 Å². The van der Waals surface area contributed by atoms with Gasteiger partial charge in [-0.15, -0.1) is 0 Å². The molecule has 180 valence electrons. The fourth-order valence-corrected chi connectivity index (χ4v) is 3.58. The Morgan fingerprint density at radius 3 is 2.29 bits per heavy atom. The molecule has 0 spiro atoms. The van der Waals surface area contributed by atoms with Gasteiger partial charge in [0.1, 0.15) is 5.75 Å². The van der Waals surface area contributed by atoms with Crippen LogP contribution >= 0.6 is 0 Å². The number of nitrogens with one attached hydrogen (secondary N) is 1. The number of hydrazone groups is 1. The summed E-state index contributed by atoms with van der Waals surface area (Å²) in [6.45, 7) is 1.05. The van der Waals surface area contributed by atoms with E-state index in [1.54, 1.807) is 36.4 Å². The number of amides is 1. The Kier molecular flexibility index (Phi) is 7.27. The van der Waals surface area contributed by atoms with Crippen LogP contribution in [0.5, 0.6) is 23.0 Å². The SMILES string of the molecule is COc1cc(C(=O)Oc2ccccc2/C=N/NC(=O)c2ccc3c(c2)COC3)cc(OC)c1OC. The Hall–Kier alpha value is -4.37. The molecular weight excluding hydrogens is 452 g/mol. The first-order valence-corrected chi connectivity index (χ1v) is 10.7. The molecule has 0 saturated heterocycles. The lowest BCUT2D eigenvalue weighted by molar-refractivity contribution is 0.0733. The van der Waals surface area contributed by atoms with Gasteiger partial charge < -0.3 is 23.7 Å². The molecule has 1 N–H and O–H groups in total. The molecule has 0 radical (unpaired) electrons. The highest BCUT2D eigenvalue weighted by molar-refractivity contribution is 5.96. The number of esters is 1. The van der Waals surface area contributed by atoms with Crippen LogP contribution in [-0.4, -0.2) is 39.4 Å². The predicted octanol–water partition coefficient (Wildman–Crippen LogP) is 3.73. The first kappa shape index (κ1) is 23.8. The topological polar surface area (TPSA) is 105 Å². The van der Waals surface area contributed by atoms with Gasteiger partial charge in [-0.2, -0.15) is 5.10 Å². The van der Waals surface area contributed by atoms with Crippen LogP contribution < -0.4 is 24.4 Å². The van der Waals surface area contributed by atoms with Gasteiger partial charge in [0.15, 0.2) is 11.5 Å². The van der Waals surface area contributed by atoms with E-state index >= 15 is 0 Å². The molecule has 9 nitrogen and oxygen atoms in total. The number of ether oxygens (including phenoxy) is 5. The van der Waals surface area contributed by atoms with E-state index in [0.717, 1.165) is 11.1 Å². The number of carbonyl (C=O) groups is 2. The highest BCUT2D eigenvalue weighted by atomic mass is 16.5. The van der Waals surface area contributed by atoms with Crippen LogP contribution in [0.25, 0.3) is 0 Å². The smallest absolute Gasteiger partial charge is 0.343 e. The molecule has 1 aliphatic rings. The molecule has 0 bridgehead atoms. The second kappa shape index (κ2) is 10.7. The van der Waals surface area contributed by atoms with Crippen molar-refractivity contribution in [2.75, 3.05) is 21.3 Å². The Balaban J connectivity index is 1.48. The van der Waals surface area contributed by atoms with Crippen LogP contribution in [0, 0.1) is 0 Å². The minimum absolute atomic E-state index is 0.208. The van der Waals surface area contributed by atoms with Crippen molar-refractivity contribution in [2.24, 2.45) is 5.10 Å². The van der Waals surface area contributed by atoms with Crippen LogP contribution in [0.1, 0.15) is 37.4 Å². The Morgan fingerprint density at radius 2 is 1.57 bits per heavy atom. The maximum absolute atomic E-state index is 12.9. The number of methoxy groups -OCH3 is 3. The van der Waals surface area contributed by atoms with E-state index < -0.39 is 5.97 Å². The van der Waals surface area contributed by atoms with Gasteiger partial charge in [-0.1, -0.05) is 18.2 Å². The molecule has 0 atom stereocenters. The second-order valence-electron chi connectivity index (χ2n) is 7.52. The lowest BCUT2D eigenvalue weighted by Gasteiger charge is -2.14. The standard InChI is InChI=1S/C26H24N2O7/c1-31-22-11-19(12-23(32-2)24(22)33-3)26(30)35-21-7-5-4-6-17(21)13-27-28-25(29)16-8-9-18-14-34-15-20(18)10-16/h4-13H,14-15H2,1-3H3,(H,28,29)/b27-13+. The summed E-state index contributed by atoms with van der Waals surface area (Å²) in [6, 6.07) is 15.2. The van der Waals surface area contributed by atoms with Crippen molar-refractivity contribution in [3.05, 3.63) is 82.4 Å².